The molecule has 1 aromatic rings. The minimum atomic E-state index is -1.04. The third-order valence-corrected chi connectivity index (χ3v) is 6.32. The van der Waals surface area contributed by atoms with Gasteiger partial charge in [0.1, 0.15) is 6.61 Å². The quantitative estimate of drug-likeness (QED) is 0.215. The zero-order valence-corrected chi connectivity index (χ0v) is 17.9. The van der Waals surface area contributed by atoms with Gasteiger partial charge in [-0.2, -0.15) is 0 Å². The van der Waals surface area contributed by atoms with E-state index in [9.17, 15) is 14.7 Å². The van der Waals surface area contributed by atoms with Crippen LogP contribution in [0.5, 0.6) is 0 Å². The van der Waals surface area contributed by atoms with Crippen LogP contribution < -0.4 is 0 Å². The van der Waals surface area contributed by atoms with Gasteiger partial charge in [0.05, 0.1) is 11.7 Å². The van der Waals surface area contributed by atoms with Crippen molar-refractivity contribution in [2.75, 3.05) is 6.61 Å². The first kappa shape index (κ1) is 20.1. The van der Waals surface area contributed by atoms with E-state index >= 15 is 0 Å². The minimum Gasteiger partial charge on any atom is -0.478 e. The van der Waals surface area contributed by atoms with Gasteiger partial charge in [-0.15, -0.1) is 0 Å². The molecule has 0 saturated carbocycles. The minimum absolute atomic E-state index is 0.117. The predicted octanol–water partition coefficient (Wildman–Crippen LogP) is 3.44. The predicted molar refractivity (Wildman–Crippen MR) is 107 cm³/mol. The summed E-state index contributed by atoms with van der Waals surface area (Å²) in [6.07, 6.45) is 0.587. The maximum atomic E-state index is 12.1. The van der Waals surface area contributed by atoms with E-state index in [1.807, 2.05) is 6.07 Å². The molecule has 1 unspecified atom stereocenters. The number of carboxylic acids is 1. The average molecular weight is 642 g/mol. The lowest BCUT2D eigenvalue weighted by molar-refractivity contribution is -0.132. The summed E-state index contributed by atoms with van der Waals surface area (Å²) in [7, 11) is 0. The number of aliphatic carboxylic acids is 1. The average Bonchev–Trinajstić information content (AvgIpc) is 2.45. The van der Waals surface area contributed by atoms with Crippen molar-refractivity contribution in [3.63, 3.8) is 0 Å². The highest BCUT2D eigenvalue weighted by Crippen LogP contribution is 2.23. The molecule has 0 aromatic heterocycles. The molecule has 0 fully saturated rings. The summed E-state index contributed by atoms with van der Waals surface area (Å²) in [5.41, 5.74) is 0.605. The molecule has 0 saturated heterocycles. The maximum Gasteiger partial charge on any atom is 0.339 e. The van der Waals surface area contributed by atoms with Gasteiger partial charge in [-0.3, -0.25) is 0 Å². The fourth-order valence-electron chi connectivity index (χ4n) is 1.42. The molecular formula is C14H13I3O5. The number of esters is 1. The van der Waals surface area contributed by atoms with Crippen molar-refractivity contribution in [3.05, 3.63) is 40.1 Å². The van der Waals surface area contributed by atoms with Crippen molar-refractivity contribution >= 4 is 79.7 Å². The van der Waals surface area contributed by atoms with Crippen LogP contribution in [0, 0.1) is 10.7 Å². The number of carbonyl (C=O) groups excluding carboxylic acids is 1. The van der Waals surface area contributed by atoms with Crippen molar-refractivity contribution in [2.45, 2.75) is 19.4 Å². The van der Waals surface area contributed by atoms with E-state index in [0.717, 1.165) is 10.7 Å². The lowest BCUT2D eigenvalue weighted by Crippen LogP contribution is -2.19. The van der Waals surface area contributed by atoms with E-state index in [1.54, 1.807) is 6.07 Å². The number of benzene rings is 1. The Balaban J connectivity index is 2.63. The lowest BCUT2D eigenvalue weighted by Gasteiger charge is -2.11. The highest BCUT2D eigenvalue weighted by Gasteiger charge is 2.16. The summed E-state index contributed by atoms with van der Waals surface area (Å²) in [5.74, 6) is -1.54. The Morgan fingerprint density at radius 2 is 1.95 bits per heavy atom. The lowest BCUT2D eigenvalue weighted by atomic mass is 10.2. The Kier molecular flexibility index (Phi) is 8.56. The summed E-state index contributed by atoms with van der Waals surface area (Å²) in [4.78, 5) is 22.7. The second-order valence-electron chi connectivity index (χ2n) is 4.43. The number of carbonyl (C=O) groups is 2. The van der Waals surface area contributed by atoms with E-state index < -0.39 is 18.0 Å². The van der Waals surface area contributed by atoms with Crippen LogP contribution >= 0.6 is 67.8 Å². The summed E-state index contributed by atoms with van der Waals surface area (Å²) < 4.78 is 7.78. The third-order valence-electron chi connectivity index (χ3n) is 2.65. The van der Waals surface area contributed by atoms with E-state index in [2.05, 4.69) is 67.8 Å². The molecule has 8 heteroatoms. The molecule has 0 aliphatic heterocycles. The summed E-state index contributed by atoms with van der Waals surface area (Å²) in [6.45, 7) is 1.26. The van der Waals surface area contributed by atoms with Crippen LogP contribution in [-0.4, -0.2) is 34.9 Å². The Bertz CT molecular complexity index is 613. The van der Waals surface area contributed by atoms with Crippen LogP contribution in [0.3, 0.4) is 0 Å². The number of carboxylic acid groups (broad SMARTS) is 1. The highest BCUT2D eigenvalue weighted by atomic mass is 127. The van der Waals surface area contributed by atoms with Crippen LogP contribution in [0.2, 0.25) is 0 Å². The van der Waals surface area contributed by atoms with Crippen LogP contribution in [0.1, 0.15) is 23.7 Å². The molecule has 22 heavy (non-hydrogen) atoms. The van der Waals surface area contributed by atoms with E-state index in [1.165, 1.54) is 13.0 Å². The Morgan fingerprint density at radius 1 is 1.32 bits per heavy atom. The first-order valence-electron chi connectivity index (χ1n) is 6.12. The number of aliphatic hydroxyl groups is 1. The fourth-order valence-corrected chi connectivity index (χ4v) is 3.80. The summed E-state index contributed by atoms with van der Waals surface area (Å²) in [5, 5.41) is 18.4. The van der Waals surface area contributed by atoms with E-state index in [0.29, 0.717) is 5.56 Å². The van der Waals surface area contributed by atoms with Gasteiger partial charge in [-0.25, -0.2) is 9.59 Å². The van der Waals surface area contributed by atoms with Gasteiger partial charge in [-0.05, 0) is 93.2 Å². The van der Waals surface area contributed by atoms with Gasteiger partial charge in [0.2, 0.25) is 0 Å². The van der Waals surface area contributed by atoms with E-state index in [4.69, 9.17) is 9.84 Å². The second kappa shape index (κ2) is 9.37. The van der Waals surface area contributed by atoms with Crippen molar-refractivity contribution < 1.29 is 24.5 Å². The molecule has 5 nitrogen and oxygen atoms in total. The van der Waals surface area contributed by atoms with Gasteiger partial charge < -0.3 is 14.9 Å². The molecule has 0 amide bonds. The molecule has 0 aliphatic carbocycles. The molecule has 0 bridgehead atoms. The second-order valence-corrected chi connectivity index (χ2v) is 7.92. The molecule has 0 radical (unpaired) electrons. The molecular weight excluding hydrogens is 629 g/mol. The van der Waals surface area contributed by atoms with Gasteiger partial charge in [0, 0.05) is 16.3 Å². The molecule has 1 rings (SSSR count). The van der Waals surface area contributed by atoms with Gasteiger partial charge in [0.25, 0.3) is 0 Å². The third kappa shape index (κ3) is 6.28. The number of aliphatic hydroxyl groups excluding tert-OH is 1. The molecule has 1 aromatic carbocycles. The molecule has 2 N–H and O–H groups in total. The molecule has 120 valence electrons. The number of hydrogen-bond donors (Lipinski definition) is 2. The Morgan fingerprint density at radius 3 is 2.55 bits per heavy atom. The smallest absolute Gasteiger partial charge is 0.339 e. The van der Waals surface area contributed by atoms with Gasteiger partial charge in [0.15, 0.2) is 0 Å². The number of rotatable bonds is 6. The Labute approximate surface area is 168 Å². The normalized spacial score (nSPS) is 12.9. The van der Waals surface area contributed by atoms with Crippen LogP contribution in [0.4, 0.5) is 0 Å². The first-order chi connectivity index (χ1) is 10.2. The van der Waals surface area contributed by atoms with Crippen LogP contribution in [-0.2, 0) is 9.53 Å². The molecule has 0 aliphatic rings. The number of halogens is 3. The zero-order valence-electron chi connectivity index (χ0n) is 11.5. The van der Waals surface area contributed by atoms with Crippen molar-refractivity contribution in [3.8, 4) is 0 Å². The topological polar surface area (TPSA) is 83.8 Å². The largest absolute Gasteiger partial charge is 0.478 e. The maximum absolute atomic E-state index is 12.1. The standard InChI is InChI=1S/C14H13I3O5/c1-7(13(19)20)2-3-9(18)6-22-14(21)10-4-8(15)5-11(16)12(10)17/h2,4-5,9,18H,3,6H2,1H3,(H,19,20)/b7-2+. The highest BCUT2D eigenvalue weighted by molar-refractivity contribution is 14.1. The molecule has 0 spiro atoms. The molecule has 1 atom stereocenters. The van der Waals surface area contributed by atoms with Gasteiger partial charge >= 0.3 is 11.9 Å². The summed E-state index contributed by atoms with van der Waals surface area (Å²) >= 11 is 6.34. The zero-order chi connectivity index (χ0) is 16.9. The van der Waals surface area contributed by atoms with Crippen LogP contribution in [0.15, 0.2) is 23.8 Å². The van der Waals surface area contributed by atoms with Crippen molar-refractivity contribution in [1.82, 2.24) is 0 Å². The SMILES string of the molecule is C/C(=C\CC(O)COC(=O)c1cc(I)cc(I)c1I)C(=O)O. The number of hydrogen-bond acceptors (Lipinski definition) is 4. The fraction of sp³-hybridized carbons (Fsp3) is 0.286. The van der Waals surface area contributed by atoms with Gasteiger partial charge in [-0.1, -0.05) is 6.08 Å². The van der Waals surface area contributed by atoms with Crippen molar-refractivity contribution in [1.29, 1.82) is 0 Å². The van der Waals surface area contributed by atoms with Crippen molar-refractivity contribution in [2.24, 2.45) is 0 Å². The summed E-state index contributed by atoms with van der Waals surface area (Å²) in [6, 6.07) is 3.68. The molecule has 0 heterocycles. The number of ether oxygens (including phenoxy) is 1. The van der Waals surface area contributed by atoms with E-state index in [-0.39, 0.29) is 18.6 Å². The Hall–Kier alpha value is 0.0500. The first-order valence-corrected chi connectivity index (χ1v) is 9.35. The monoisotopic (exact) mass is 642 g/mol. The van der Waals surface area contributed by atoms with Crippen LogP contribution in [0.25, 0.3) is 0 Å².